The van der Waals surface area contributed by atoms with Crippen molar-refractivity contribution >= 4 is 29.6 Å². The number of hydrogen-bond acceptors (Lipinski definition) is 7. The molecule has 2 aliphatic heterocycles. The van der Waals surface area contributed by atoms with Gasteiger partial charge in [0.2, 0.25) is 24.0 Å². The van der Waals surface area contributed by atoms with Gasteiger partial charge in [-0.3, -0.25) is 24.0 Å². The summed E-state index contributed by atoms with van der Waals surface area (Å²) in [5, 5.41) is 5.43. The number of carbonyl (C=O) groups excluding carboxylic acids is 5. The molecule has 0 spiro atoms. The minimum atomic E-state index is -1.12. The van der Waals surface area contributed by atoms with Gasteiger partial charge in [-0.15, -0.1) is 0 Å². The Labute approximate surface area is 196 Å². The van der Waals surface area contributed by atoms with Gasteiger partial charge in [0.1, 0.15) is 12.0 Å². The highest BCUT2D eigenvalue weighted by atomic mass is 16.7. The summed E-state index contributed by atoms with van der Waals surface area (Å²) in [6, 6.07) is 7.95. The standard InChI is InChI=1S/C23H28N4O7/c1-2-33-23-17(10-19(29)34-23)26-18(28)13-27-12-14(8-9-16(20(24)30)22(27)32)11-25-21(31)15-6-4-3-5-7-15/h3-8,16-17,23H,2,9-13H2,1H3,(H2,24,30)(H,25,31)(H,26,28). The lowest BCUT2D eigenvalue weighted by molar-refractivity contribution is -0.164. The highest BCUT2D eigenvalue weighted by Gasteiger charge is 2.38. The van der Waals surface area contributed by atoms with Crippen LogP contribution in [-0.2, 0) is 28.7 Å². The summed E-state index contributed by atoms with van der Waals surface area (Å²) < 4.78 is 10.4. The third kappa shape index (κ3) is 6.41. The van der Waals surface area contributed by atoms with Crippen molar-refractivity contribution in [2.24, 2.45) is 11.7 Å². The smallest absolute Gasteiger partial charge is 0.310 e. The fraction of sp³-hybridized carbons (Fsp3) is 0.435. The van der Waals surface area contributed by atoms with Crippen molar-refractivity contribution in [2.75, 3.05) is 26.2 Å². The number of ether oxygens (including phenoxy) is 2. The van der Waals surface area contributed by atoms with Gasteiger partial charge in [-0.1, -0.05) is 24.3 Å². The number of nitrogens with two attached hydrogens (primary N) is 1. The Morgan fingerprint density at radius 1 is 1.21 bits per heavy atom. The molecule has 1 aromatic rings. The largest absolute Gasteiger partial charge is 0.433 e. The zero-order valence-electron chi connectivity index (χ0n) is 18.8. The van der Waals surface area contributed by atoms with Crippen LogP contribution in [0.4, 0.5) is 0 Å². The molecule has 1 fully saturated rings. The van der Waals surface area contributed by atoms with E-state index in [4.69, 9.17) is 15.2 Å². The first kappa shape index (κ1) is 24.9. The fourth-order valence-electron chi connectivity index (χ4n) is 3.77. The van der Waals surface area contributed by atoms with Crippen molar-refractivity contribution in [3.63, 3.8) is 0 Å². The van der Waals surface area contributed by atoms with E-state index in [-0.39, 0.29) is 45.0 Å². The SMILES string of the molecule is CCOC1OC(=O)CC1NC(=O)CN1CC(CNC(=O)c2ccccc2)=CCC(C(N)=O)C1=O. The average molecular weight is 472 g/mol. The lowest BCUT2D eigenvalue weighted by Gasteiger charge is -2.25. The Hall–Kier alpha value is -3.73. The molecule has 0 aliphatic carbocycles. The second kappa shape index (κ2) is 11.4. The van der Waals surface area contributed by atoms with Crippen LogP contribution in [0.15, 0.2) is 42.0 Å². The molecule has 0 bridgehead atoms. The van der Waals surface area contributed by atoms with Crippen molar-refractivity contribution in [2.45, 2.75) is 32.1 Å². The summed E-state index contributed by atoms with van der Waals surface area (Å²) in [6.07, 6.45) is 0.805. The molecule has 11 nitrogen and oxygen atoms in total. The minimum absolute atomic E-state index is 0.0279. The van der Waals surface area contributed by atoms with Crippen LogP contribution in [0.1, 0.15) is 30.1 Å². The molecule has 3 rings (SSSR count). The van der Waals surface area contributed by atoms with Crippen molar-refractivity contribution in [1.82, 2.24) is 15.5 Å². The second-order valence-corrected chi connectivity index (χ2v) is 7.99. The Bertz CT molecular complexity index is 979. The molecule has 11 heteroatoms. The third-order valence-corrected chi connectivity index (χ3v) is 5.48. The molecule has 2 heterocycles. The van der Waals surface area contributed by atoms with Crippen LogP contribution < -0.4 is 16.4 Å². The van der Waals surface area contributed by atoms with Gasteiger partial charge < -0.3 is 30.7 Å². The van der Waals surface area contributed by atoms with Crippen molar-refractivity contribution in [3.05, 3.63) is 47.5 Å². The predicted octanol–water partition coefficient (Wildman–Crippen LogP) is -0.529. The normalized spacial score (nSPS) is 22.4. The number of nitrogens with zero attached hydrogens (tertiary/aromatic N) is 1. The Morgan fingerprint density at radius 2 is 1.94 bits per heavy atom. The maximum atomic E-state index is 12.9. The molecule has 1 saturated heterocycles. The fourth-order valence-corrected chi connectivity index (χ4v) is 3.77. The van der Waals surface area contributed by atoms with Gasteiger partial charge in [0, 0.05) is 25.3 Å². The van der Waals surface area contributed by atoms with Crippen molar-refractivity contribution in [1.29, 1.82) is 0 Å². The van der Waals surface area contributed by atoms with E-state index in [2.05, 4.69) is 10.6 Å². The molecule has 1 aromatic carbocycles. The van der Waals surface area contributed by atoms with Crippen LogP contribution in [-0.4, -0.2) is 73.1 Å². The molecule has 2 aliphatic rings. The predicted molar refractivity (Wildman–Crippen MR) is 119 cm³/mol. The van der Waals surface area contributed by atoms with Gasteiger partial charge in [-0.25, -0.2) is 0 Å². The molecule has 4 amide bonds. The quantitative estimate of drug-likeness (QED) is 0.248. The van der Waals surface area contributed by atoms with E-state index < -0.39 is 41.9 Å². The number of allylic oxidation sites excluding steroid dienone is 1. The van der Waals surface area contributed by atoms with Gasteiger partial charge in [0.15, 0.2) is 0 Å². The number of primary amides is 1. The van der Waals surface area contributed by atoms with E-state index in [9.17, 15) is 24.0 Å². The molecule has 182 valence electrons. The number of hydrogen-bond donors (Lipinski definition) is 3. The molecule has 3 unspecified atom stereocenters. The highest BCUT2D eigenvalue weighted by Crippen LogP contribution is 2.19. The first-order chi connectivity index (χ1) is 16.3. The number of rotatable bonds is 9. The third-order valence-electron chi connectivity index (χ3n) is 5.48. The zero-order chi connectivity index (χ0) is 24.7. The van der Waals surface area contributed by atoms with Crippen LogP contribution in [0.3, 0.4) is 0 Å². The maximum absolute atomic E-state index is 12.9. The van der Waals surface area contributed by atoms with E-state index in [1.54, 1.807) is 43.3 Å². The van der Waals surface area contributed by atoms with Gasteiger partial charge in [-0.05, 0) is 31.1 Å². The number of benzene rings is 1. The van der Waals surface area contributed by atoms with Crippen LogP contribution in [0, 0.1) is 5.92 Å². The van der Waals surface area contributed by atoms with E-state index in [0.29, 0.717) is 11.1 Å². The number of amides is 4. The Morgan fingerprint density at radius 3 is 2.62 bits per heavy atom. The molecular weight excluding hydrogens is 444 g/mol. The Kier molecular flexibility index (Phi) is 8.36. The summed E-state index contributed by atoms with van der Waals surface area (Å²) >= 11 is 0. The molecule has 3 atom stereocenters. The van der Waals surface area contributed by atoms with E-state index in [1.165, 1.54) is 4.90 Å². The highest BCUT2D eigenvalue weighted by molar-refractivity contribution is 6.01. The molecular formula is C23H28N4O7. The molecule has 0 aromatic heterocycles. The van der Waals surface area contributed by atoms with Gasteiger partial charge in [0.05, 0.1) is 13.0 Å². The zero-order valence-corrected chi connectivity index (χ0v) is 18.8. The first-order valence-corrected chi connectivity index (χ1v) is 11.0. The van der Waals surface area contributed by atoms with Crippen LogP contribution >= 0.6 is 0 Å². The lowest BCUT2D eigenvalue weighted by atomic mass is 10.0. The monoisotopic (exact) mass is 472 g/mol. The van der Waals surface area contributed by atoms with Crippen molar-refractivity contribution < 1.29 is 33.4 Å². The minimum Gasteiger partial charge on any atom is -0.433 e. The number of carbonyl (C=O) groups is 5. The van der Waals surface area contributed by atoms with Gasteiger partial charge >= 0.3 is 5.97 Å². The summed E-state index contributed by atoms with van der Waals surface area (Å²) in [6.45, 7) is 1.81. The van der Waals surface area contributed by atoms with Crippen LogP contribution in [0.25, 0.3) is 0 Å². The number of cyclic esters (lactones) is 1. The van der Waals surface area contributed by atoms with Gasteiger partial charge in [-0.2, -0.15) is 0 Å². The molecule has 0 radical (unpaired) electrons. The molecule has 4 N–H and O–H groups in total. The summed E-state index contributed by atoms with van der Waals surface area (Å²) in [5.74, 6) is -3.83. The lowest BCUT2D eigenvalue weighted by Crippen LogP contribution is -2.49. The van der Waals surface area contributed by atoms with Crippen LogP contribution in [0.5, 0.6) is 0 Å². The average Bonchev–Trinajstić information content (AvgIpc) is 3.06. The second-order valence-electron chi connectivity index (χ2n) is 7.99. The summed E-state index contributed by atoms with van der Waals surface area (Å²) in [7, 11) is 0. The maximum Gasteiger partial charge on any atom is 0.310 e. The van der Waals surface area contributed by atoms with E-state index in [0.717, 1.165) is 0 Å². The molecule has 0 saturated carbocycles. The topological polar surface area (TPSA) is 157 Å². The van der Waals surface area contributed by atoms with E-state index >= 15 is 0 Å². The van der Waals surface area contributed by atoms with Crippen molar-refractivity contribution in [3.8, 4) is 0 Å². The number of esters is 1. The van der Waals surface area contributed by atoms with Gasteiger partial charge in [0.25, 0.3) is 5.91 Å². The number of nitrogens with one attached hydrogen (secondary N) is 2. The summed E-state index contributed by atoms with van der Waals surface area (Å²) in [4.78, 5) is 62.6. The first-order valence-electron chi connectivity index (χ1n) is 11.0. The van der Waals surface area contributed by atoms with E-state index in [1.807, 2.05) is 0 Å². The molecule has 34 heavy (non-hydrogen) atoms. The van der Waals surface area contributed by atoms with Crippen LogP contribution in [0.2, 0.25) is 0 Å². The Balaban J connectivity index is 1.65. The summed E-state index contributed by atoms with van der Waals surface area (Å²) in [5.41, 5.74) is 6.54.